The molecule has 142 valence electrons. The van der Waals surface area contributed by atoms with Crippen molar-refractivity contribution in [1.82, 2.24) is 10.2 Å². The van der Waals surface area contributed by atoms with Crippen molar-refractivity contribution >= 4 is 11.8 Å². The first-order chi connectivity index (χ1) is 13.1. The Morgan fingerprint density at radius 2 is 1.74 bits per heavy atom. The summed E-state index contributed by atoms with van der Waals surface area (Å²) in [6.45, 7) is 2.45. The second kappa shape index (κ2) is 8.85. The molecule has 1 aliphatic carbocycles. The number of likely N-dealkylation sites (N-methyl/N-ethyl adjacent to an activating group) is 1. The number of fused-ring (bicyclic) bond motifs is 1. The van der Waals surface area contributed by atoms with E-state index in [4.69, 9.17) is 0 Å². The quantitative estimate of drug-likeness (QED) is 0.821. The van der Waals surface area contributed by atoms with Gasteiger partial charge in [-0.05, 0) is 54.4 Å². The topological polar surface area (TPSA) is 49.4 Å². The van der Waals surface area contributed by atoms with E-state index in [1.54, 1.807) is 7.05 Å². The molecule has 2 aromatic carbocycles. The summed E-state index contributed by atoms with van der Waals surface area (Å²) in [4.78, 5) is 26.4. The van der Waals surface area contributed by atoms with Crippen LogP contribution < -0.4 is 5.32 Å². The number of benzene rings is 2. The Balaban J connectivity index is 1.65. The Morgan fingerprint density at radius 1 is 1.04 bits per heavy atom. The van der Waals surface area contributed by atoms with Crippen LogP contribution in [-0.4, -0.2) is 23.8 Å². The van der Waals surface area contributed by atoms with Gasteiger partial charge in [-0.25, -0.2) is 0 Å². The van der Waals surface area contributed by atoms with Crippen molar-refractivity contribution in [3.05, 3.63) is 70.8 Å². The van der Waals surface area contributed by atoms with Gasteiger partial charge in [0, 0.05) is 13.6 Å². The van der Waals surface area contributed by atoms with Gasteiger partial charge in [0.25, 0.3) is 0 Å². The van der Waals surface area contributed by atoms with Crippen LogP contribution in [-0.2, 0) is 29.0 Å². The molecule has 1 N–H and O–H groups in total. The molecule has 2 aromatic rings. The van der Waals surface area contributed by atoms with E-state index in [0.717, 1.165) is 30.4 Å². The third kappa shape index (κ3) is 4.76. The molecule has 0 aliphatic heterocycles. The van der Waals surface area contributed by atoms with E-state index >= 15 is 0 Å². The lowest BCUT2D eigenvalue weighted by molar-refractivity contribution is -0.145. The maximum absolute atomic E-state index is 12.5. The fourth-order valence-corrected chi connectivity index (χ4v) is 3.71. The van der Waals surface area contributed by atoms with Gasteiger partial charge in [-0.1, -0.05) is 55.5 Å². The number of amides is 2. The molecule has 4 nitrogen and oxygen atoms in total. The molecule has 1 aliphatic rings. The summed E-state index contributed by atoms with van der Waals surface area (Å²) < 4.78 is 0. The third-order valence-corrected chi connectivity index (χ3v) is 5.29. The SMILES string of the molecule is CCC(NC(=O)C(=O)N(C)Cc1ccccc1)c1ccc2c(c1)CCCC2. The second-order valence-corrected chi connectivity index (χ2v) is 7.32. The molecule has 4 heteroatoms. The summed E-state index contributed by atoms with van der Waals surface area (Å²) in [5.74, 6) is -1.05. The van der Waals surface area contributed by atoms with Crippen LogP contribution in [0.15, 0.2) is 48.5 Å². The smallest absolute Gasteiger partial charge is 0.311 e. The number of rotatable bonds is 5. The van der Waals surface area contributed by atoms with Gasteiger partial charge >= 0.3 is 11.8 Å². The molecule has 1 atom stereocenters. The summed E-state index contributed by atoms with van der Waals surface area (Å²) in [6.07, 6.45) is 5.47. The molecular weight excluding hydrogens is 336 g/mol. The van der Waals surface area contributed by atoms with Crippen LogP contribution in [0, 0.1) is 0 Å². The highest BCUT2D eigenvalue weighted by Crippen LogP contribution is 2.26. The van der Waals surface area contributed by atoms with Crippen molar-refractivity contribution < 1.29 is 9.59 Å². The summed E-state index contributed by atoms with van der Waals surface area (Å²) in [7, 11) is 1.66. The fraction of sp³-hybridized carbons (Fsp3) is 0.391. The molecule has 0 saturated carbocycles. The minimum absolute atomic E-state index is 0.140. The molecule has 0 radical (unpaired) electrons. The van der Waals surface area contributed by atoms with Crippen LogP contribution in [0.25, 0.3) is 0 Å². The Hall–Kier alpha value is -2.62. The molecule has 0 fully saturated rings. The maximum atomic E-state index is 12.5. The number of aryl methyl sites for hydroxylation is 2. The predicted molar refractivity (Wildman–Crippen MR) is 107 cm³/mol. The van der Waals surface area contributed by atoms with Crippen molar-refractivity contribution in [3.8, 4) is 0 Å². The zero-order chi connectivity index (χ0) is 19.2. The van der Waals surface area contributed by atoms with Gasteiger partial charge in [0.1, 0.15) is 0 Å². The van der Waals surface area contributed by atoms with Crippen molar-refractivity contribution in [1.29, 1.82) is 0 Å². The Morgan fingerprint density at radius 3 is 2.44 bits per heavy atom. The van der Waals surface area contributed by atoms with Crippen LogP contribution in [0.5, 0.6) is 0 Å². The number of hydrogen-bond donors (Lipinski definition) is 1. The minimum atomic E-state index is -0.544. The van der Waals surface area contributed by atoms with E-state index < -0.39 is 11.8 Å². The van der Waals surface area contributed by atoms with E-state index in [2.05, 4.69) is 23.5 Å². The highest BCUT2D eigenvalue weighted by Gasteiger charge is 2.23. The van der Waals surface area contributed by atoms with Crippen LogP contribution in [0.3, 0.4) is 0 Å². The standard InChI is InChI=1S/C23H28N2O2/c1-3-21(20-14-13-18-11-7-8-12-19(18)15-20)24-22(26)23(27)25(2)16-17-9-5-4-6-10-17/h4-6,9-10,13-15,21H,3,7-8,11-12,16H2,1-2H3,(H,24,26). The van der Waals surface area contributed by atoms with E-state index in [-0.39, 0.29) is 6.04 Å². The van der Waals surface area contributed by atoms with Crippen molar-refractivity contribution in [2.45, 2.75) is 51.6 Å². The van der Waals surface area contributed by atoms with Gasteiger partial charge in [0.05, 0.1) is 6.04 Å². The largest absolute Gasteiger partial charge is 0.341 e. The van der Waals surface area contributed by atoms with Gasteiger partial charge in [0.2, 0.25) is 0 Å². The van der Waals surface area contributed by atoms with E-state index in [9.17, 15) is 9.59 Å². The summed E-state index contributed by atoms with van der Waals surface area (Å²) in [5.41, 5.74) is 4.90. The van der Waals surface area contributed by atoms with E-state index in [1.165, 1.54) is 28.9 Å². The van der Waals surface area contributed by atoms with Gasteiger partial charge in [-0.3, -0.25) is 9.59 Å². The average molecular weight is 364 g/mol. The van der Waals surface area contributed by atoms with Gasteiger partial charge in [-0.15, -0.1) is 0 Å². The monoisotopic (exact) mass is 364 g/mol. The minimum Gasteiger partial charge on any atom is -0.341 e. The first kappa shape index (κ1) is 19.2. The zero-order valence-corrected chi connectivity index (χ0v) is 16.2. The number of nitrogens with one attached hydrogen (secondary N) is 1. The fourth-order valence-electron chi connectivity index (χ4n) is 3.71. The molecular formula is C23H28N2O2. The normalized spacial score (nSPS) is 14.1. The van der Waals surface area contributed by atoms with Crippen molar-refractivity contribution in [3.63, 3.8) is 0 Å². The van der Waals surface area contributed by atoms with Crippen molar-refractivity contribution in [2.24, 2.45) is 0 Å². The molecule has 2 amide bonds. The van der Waals surface area contributed by atoms with Crippen LogP contribution in [0.4, 0.5) is 0 Å². The Bertz CT molecular complexity index is 801. The summed E-state index contributed by atoms with van der Waals surface area (Å²) >= 11 is 0. The first-order valence-corrected chi connectivity index (χ1v) is 9.80. The Labute approximate surface area is 161 Å². The first-order valence-electron chi connectivity index (χ1n) is 9.80. The molecule has 0 bridgehead atoms. The molecule has 0 heterocycles. The lowest BCUT2D eigenvalue weighted by Crippen LogP contribution is -2.42. The van der Waals surface area contributed by atoms with Crippen LogP contribution in [0.2, 0.25) is 0 Å². The Kier molecular flexibility index (Phi) is 6.28. The van der Waals surface area contributed by atoms with Gasteiger partial charge in [-0.2, -0.15) is 0 Å². The maximum Gasteiger partial charge on any atom is 0.311 e. The van der Waals surface area contributed by atoms with Gasteiger partial charge < -0.3 is 10.2 Å². The number of carbonyl (C=O) groups excluding carboxylic acids is 2. The summed E-state index contributed by atoms with van der Waals surface area (Å²) in [5, 5.41) is 2.93. The highest BCUT2D eigenvalue weighted by atomic mass is 16.2. The average Bonchev–Trinajstić information content (AvgIpc) is 2.71. The number of hydrogen-bond acceptors (Lipinski definition) is 2. The van der Waals surface area contributed by atoms with Crippen LogP contribution in [0.1, 0.15) is 54.5 Å². The molecule has 27 heavy (non-hydrogen) atoms. The van der Waals surface area contributed by atoms with Crippen LogP contribution >= 0.6 is 0 Å². The lowest BCUT2D eigenvalue weighted by atomic mass is 9.89. The van der Waals surface area contributed by atoms with Gasteiger partial charge in [0.15, 0.2) is 0 Å². The number of carbonyl (C=O) groups is 2. The second-order valence-electron chi connectivity index (χ2n) is 7.32. The highest BCUT2D eigenvalue weighted by molar-refractivity contribution is 6.34. The lowest BCUT2D eigenvalue weighted by Gasteiger charge is -2.23. The zero-order valence-electron chi connectivity index (χ0n) is 16.2. The third-order valence-electron chi connectivity index (χ3n) is 5.29. The van der Waals surface area contributed by atoms with E-state index in [1.807, 2.05) is 37.3 Å². The van der Waals surface area contributed by atoms with E-state index in [0.29, 0.717) is 6.54 Å². The van der Waals surface area contributed by atoms with Crippen molar-refractivity contribution in [2.75, 3.05) is 7.05 Å². The number of nitrogens with zero attached hydrogens (tertiary/aromatic N) is 1. The molecule has 1 unspecified atom stereocenters. The predicted octanol–water partition coefficient (Wildman–Crippen LogP) is 3.79. The molecule has 0 spiro atoms. The molecule has 3 rings (SSSR count). The molecule has 0 aromatic heterocycles. The molecule has 0 saturated heterocycles. The summed E-state index contributed by atoms with van der Waals surface area (Å²) in [6, 6.07) is 16.0.